The van der Waals surface area contributed by atoms with Crippen LogP contribution >= 0.6 is 0 Å². The van der Waals surface area contributed by atoms with Crippen LogP contribution in [0.3, 0.4) is 0 Å². The van der Waals surface area contributed by atoms with Gasteiger partial charge in [-0.3, -0.25) is 0 Å². The number of benzene rings is 1. The number of carbonyl (C=O) groups excluding carboxylic acids is 1. The van der Waals surface area contributed by atoms with E-state index in [9.17, 15) is 4.79 Å². The molecule has 0 amide bonds. The minimum absolute atomic E-state index is 0.0778. The molecule has 0 spiro atoms. The summed E-state index contributed by atoms with van der Waals surface area (Å²) in [5, 5.41) is 0. The second-order valence-corrected chi connectivity index (χ2v) is 4.46. The van der Waals surface area contributed by atoms with Gasteiger partial charge < -0.3 is 0 Å². The first-order valence-electron chi connectivity index (χ1n) is 7.04. The zero-order valence-corrected chi connectivity index (χ0v) is 12.8. The predicted molar refractivity (Wildman–Crippen MR) is 93.0 cm³/mol. The zero-order valence-electron chi connectivity index (χ0n) is 12.8. The van der Waals surface area contributed by atoms with Crippen LogP contribution in [0.4, 0.5) is 0 Å². The van der Waals surface area contributed by atoms with E-state index in [1.165, 1.54) is 0 Å². The molecule has 0 saturated heterocycles. The van der Waals surface area contributed by atoms with Crippen molar-refractivity contribution in [1.82, 2.24) is 0 Å². The number of allylic oxidation sites excluding steroid dienone is 2. The van der Waals surface area contributed by atoms with E-state index in [1.807, 2.05) is 44.8 Å². The molecule has 1 aromatic carbocycles. The van der Waals surface area contributed by atoms with Gasteiger partial charge in [-0.1, -0.05) is 0 Å². The SMILES string of the molecule is C=Cc1ccc(C=C)c(C(=O)/C=C(\CC)OCC=BC)c1. The van der Waals surface area contributed by atoms with E-state index in [0.717, 1.165) is 11.1 Å². The van der Waals surface area contributed by atoms with Crippen LogP contribution in [-0.4, -0.2) is 25.3 Å². The van der Waals surface area contributed by atoms with E-state index in [2.05, 4.69) is 13.2 Å². The van der Waals surface area contributed by atoms with Crippen LogP contribution < -0.4 is 0 Å². The Bertz CT molecular complexity index is 583. The molecule has 0 aliphatic rings. The fourth-order valence-electron chi connectivity index (χ4n) is 1.81. The Morgan fingerprint density at radius 2 is 2.10 bits per heavy atom. The Hall–Kier alpha value is -2.16. The van der Waals surface area contributed by atoms with E-state index in [0.29, 0.717) is 24.4 Å². The van der Waals surface area contributed by atoms with Crippen molar-refractivity contribution in [3.05, 3.63) is 59.9 Å². The van der Waals surface area contributed by atoms with Gasteiger partial charge >= 0.3 is 127 Å². The Morgan fingerprint density at radius 3 is 2.67 bits per heavy atom. The Labute approximate surface area is 127 Å². The molecule has 3 heteroatoms. The fraction of sp³-hybridized carbons (Fsp3) is 0.222. The van der Waals surface area contributed by atoms with Crippen molar-refractivity contribution in [2.45, 2.75) is 20.2 Å². The fourth-order valence-corrected chi connectivity index (χ4v) is 1.81. The van der Waals surface area contributed by atoms with E-state index >= 15 is 0 Å². The predicted octanol–water partition coefficient (Wildman–Crippen LogP) is 4.02. The van der Waals surface area contributed by atoms with Gasteiger partial charge in [-0.15, -0.1) is 0 Å². The molecule has 0 N–H and O–H groups in total. The van der Waals surface area contributed by atoms with Crippen LogP contribution in [0.15, 0.2) is 43.2 Å². The van der Waals surface area contributed by atoms with Crippen molar-refractivity contribution < 1.29 is 9.53 Å². The third kappa shape index (κ3) is 5.03. The van der Waals surface area contributed by atoms with Crippen LogP contribution in [0.5, 0.6) is 0 Å². The summed E-state index contributed by atoms with van der Waals surface area (Å²) in [7, 11) is 0. The maximum atomic E-state index is 12.4. The number of hydrogen-bond acceptors (Lipinski definition) is 2. The number of carbonyl (C=O) groups is 1. The molecule has 0 heterocycles. The van der Waals surface area contributed by atoms with Crippen LogP contribution in [0.1, 0.15) is 34.8 Å². The first-order chi connectivity index (χ1) is 10.2. The standard InChI is InChI=1S/C18H21BO2/c1-5-14-8-9-15(6-2)17(12-14)18(20)13-16(7-3)21-11-10-19-4/h5-6,8-10,12-13H,1-2,7,11H2,3-4H3/b16-13+. The van der Waals surface area contributed by atoms with Gasteiger partial charge in [-0.05, 0) is 0 Å². The molecule has 0 saturated carbocycles. The van der Waals surface area contributed by atoms with Crippen LogP contribution in [0.2, 0.25) is 6.82 Å². The van der Waals surface area contributed by atoms with Crippen molar-refractivity contribution in [2.75, 3.05) is 6.61 Å². The van der Waals surface area contributed by atoms with Crippen molar-refractivity contribution in [2.24, 2.45) is 0 Å². The molecule has 21 heavy (non-hydrogen) atoms. The summed E-state index contributed by atoms with van der Waals surface area (Å²) in [5.41, 5.74) is 2.33. The van der Waals surface area contributed by atoms with Crippen LogP contribution in [-0.2, 0) is 4.74 Å². The van der Waals surface area contributed by atoms with Gasteiger partial charge in [0.05, 0.1) is 0 Å². The molecule has 0 radical (unpaired) electrons. The number of ether oxygens (including phenoxy) is 1. The second kappa shape index (κ2) is 8.91. The Kier molecular flexibility index (Phi) is 7.17. The average Bonchev–Trinajstić information content (AvgIpc) is 2.53. The summed E-state index contributed by atoms with van der Waals surface area (Å²) < 4.78 is 5.56. The van der Waals surface area contributed by atoms with Crippen molar-refractivity contribution >= 4 is 30.8 Å². The number of hydrogen-bond donors (Lipinski definition) is 0. The molecule has 0 aliphatic heterocycles. The molecule has 1 aromatic rings. The Morgan fingerprint density at radius 1 is 1.33 bits per heavy atom. The first-order valence-corrected chi connectivity index (χ1v) is 7.04. The molecule has 0 bridgehead atoms. The molecule has 1 rings (SSSR count). The van der Waals surface area contributed by atoms with Gasteiger partial charge in [0.15, 0.2) is 0 Å². The van der Waals surface area contributed by atoms with Crippen LogP contribution in [0.25, 0.3) is 12.2 Å². The summed E-state index contributed by atoms with van der Waals surface area (Å²) in [6.45, 7) is 13.8. The summed E-state index contributed by atoms with van der Waals surface area (Å²) in [4.78, 5) is 12.4. The molecule has 2 nitrogen and oxygen atoms in total. The second-order valence-electron chi connectivity index (χ2n) is 4.46. The summed E-state index contributed by atoms with van der Waals surface area (Å²) in [6.07, 6.45) is 5.63. The van der Waals surface area contributed by atoms with Crippen molar-refractivity contribution in [3.8, 4) is 0 Å². The van der Waals surface area contributed by atoms with Gasteiger partial charge in [-0.25, -0.2) is 0 Å². The summed E-state index contributed by atoms with van der Waals surface area (Å²) >= 11 is 0. The minimum atomic E-state index is -0.0778. The van der Waals surface area contributed by atoms with Gasteiger partial charge in [-0.2, -0.15) is 0 Å². The van der Waals surface area contributed by atoms with E-state index in [-0.39, 0.29) is 5.78 Å². The third-order valence-corrected chi connectivity index (χ3v) is 3.04. The Balaban J connectivity index is 3.05. The van der Waals surface area contributed by atoms with Gasteiger partial charge in [0, 0.05) is 0 Å². The summed E-state index contributed by atoms with van der Waals surface area (Å²) in [5.74, 6) is 2.50. The van der Waals surface area contributed by atoms with Gasteiger partial charge in [0.25, 0.3) is 0 Å². The topological polar surface area (TPSA) is 26.3 Å². The molecule has 0 aliphatic carbocycles. The third-order valence-electron chi connectivity index (χ3n) is 3.04. The molecule has 0 aromatic heterocycles. The van der Waals surface area contributed by atoms with E-state index in [1.54, 1.807) is 18.2 Å². The normalized spacial score (nSPS) is 11.0. The van der Waals surface area contributed by atoms with E-state index < -0.39 is 0 Å². The molecule has 0 unspecified atom stereocenters. The van der Waals surface area contributed by atoms with Gasteiger partial charge in [0.2, 0.25) is 0 Å². The van der Waals surface area contributed by atoms with Crippen molar-refractivity contribution in [3.63, 3.8) is 0 Å². The van der Waals surface area contributed by atoms with Crippen molar-refractivity contribution in [1.29, 1.82) is 0 Å². The number of ketones is 1. The molecule has 0 atom stereocenters. The number of rotatable bonds is 8. The molecule has 0 fully saturated rings. The van der Waals surface area contributed by atoms with Gasteiger partial charge in [0.1, 0.15) is 0 Å². The van der Waals surface area contributed by atoms with E-state index in [4.69, 9.17) is 4.74 Å². The molecular weight excluding hydrogens is 259 g/mol. The molecule has 108 valence electrons. The average molecular weight is 280 g/mol. The monoisotopic (exact) mass is 280 g/mol. The quantitative estimate of drug-likeness (QED) is 0.311. The zero-order chi connectivity index (χ0) is 15.7. The first kappa shape index (κ1) is 16.9. The van der Waals surface area contributed by atoms with Crippen LogP contribution in [0, 0.1) is 0 Å². The maximum absolute atomic E-state index is 12.4. The molecular formula is C18H21BO2. The summed E-state index contributed by atoms with van der Waals surface area (Å²) in [6, 6.07) is 5.60.